The smallest absolute Gasteiger partial charge is 0.485 e. The van der Waals surface area contributed by atoms with Crippen molar-refractivity contribution in [1.29, 1.82) is 0 Å². The van der Waals surface area contributed by atoms with E-state index in [0.29, 0.717) is 0 Å². The number of hydrogen-bond donors (Lipinski definition) is 0. The number of hydrogen-bond acceptors (Lipinski definition) is 3. The van der Waals surface area contributed by atoms with Crippen LogP contribution in [0.4, 0.5) is 13.2 Å². The van der Waals surface area contributed by atoms with Crippen molar-refractivity contribution in [3.05, 3.63) is 89.5 Å². The molecule has 0 bridgehead atoms. The third-order valence-electron chi connectivity index (χ3n) is 6.17. The van der Waals surface area contributed by atoms with E-state index in [1.807, 2.05) is 0 Å². The topological polar surface area (TPSA) is 57.2 Å². The molecule has 0 radical (unpaired) electrons. The van der Waals surface area contributed by atoms with Crippen molar-refractivity contribution in [3.63, 3.8) is 0 Å². The van der Waals surface area contributed by atoms with Crippen molar-refractivity contribution in [2.24, 2.45) is 0 Å². The van der Waals surface area contributed by atoms with E-state index in [1.165, 1.54) is 67.6 Å². The minimum atomic E-state index is -6.09. The highest BCUT2D eigenvalue weighted by Gasteiger charge is 2.37. The Morgan fingerprint density at radius 1 is 0.692 bits per heavy atom. The molecule has 0 heterocycles. The molecule has 214 valence electrons. The van der Waals surface area contributed by atoms with Crippen LogP contribution >= 0.6 is 0 Å². The van der Waals surface area contributed by atoms with Crippen molar-refractivity contribution in [1.82, 2.24) is 0 Å². The number of unbranched alkanes of at least 4 members (excludes halogenated alkanes) is 3. The minimum absolute atomic E-state index is 0.0587. The van der Waals surface area contributed by atoms with Crippen LogP contribution < -0.4 is 0 Å². The molecule has 39 heavy (non-hydrogen) atoms. The molecule has 0 aromatic heterocycles. The number of halogens is 3. The average molecular weight is 581 g/mol. The summed E-state index contributed by atoms with van der Waals surface area (Å²) in [6.07, 6.45) is 11.1. The van der Waals surface area contributed by atoms with Crippen LogP contribution in [-0.2, 0) is 40.3 Å². The fourth-order valence-electron chi connectivity index (χ4n) is 4.20. The van der Waals surface area contributed by atoms with E-state index < -0.39 is 15.6 Å². The van der Waals surface area contributed by atoms with Gasteiger partial charge < -0.3 is 4.55 Å². The van der Waals surface area contributed by atoms with Gasteiger partial charge in [-0.1, -0.05) is 88.6 Å². The second-order valence-electron chi connectivity index (χ2n) is 9.39. The molecule has 3 rings (SSSR count). The number of aryl methyl sites for hydroxylation is 3. The molecule has 0 N–H and O–H groups in total. The predicted molar refractivity (Wildman–Crippen MR) is 153 cm³/mol. The molecule has 0 aliphatic rings. The van der Waals surface area contributed by atoms with Crippen molar-refractivity contribution in [3.8, 4) is 0 Å². The van der Waals surface area contributed by atoms with Crippen molar-refractivity contribution >= 4 is 21.0 Å². The maximum absolute atomic E-state index is 10.7. The number of rotatable bonds is 12. The molecule has 0 aliphatic carbocycles. The van der Waals surface area contributed by atoms with Gasteiger partial charge in [0.2, 0.25) is 0 Å². The first-order valence-electron chi connectivity index (χ1n) is 13.5. The van der Waals surface area contributed by atoms with Gasteiger partial charge in [-0.05, 0) is 68.4 Å². The van der Waals surface area contributed by atoms with E-state index in [9.17, 15) is 13.2 Å². The highest BCUT2D eigenvalue weighted by Crippen LogP contribution is 2.37. The summed E-state index contributed by atoms with van der Waals surface area (Å²) >= 11 is 0. The van der Waals surface area contributed by atoms with Gasteiger partial charge in [-0.2, -0.15) is 13.2 Å². The van der Waals surface area contributed by atoms with Gasteiger partial charge in [-0.25, -0.2) is 8.42 Å². The summed E-state index contributed by atoms with van der Waals surface area (Å²) in [7, 11) is -6.15. The first-order valence-corrected chi connectivity index (χ1v) is 16.2. The molecule has 0 unspecified atom stereocenters. The summed E-state index contributed by atoms with van der Waals surface area (Å²) in [5.41, 5.74) is -0.907. The Kier molecular flexibility index (Phi) is 13.6. The summed E-state index contributed by atoms with van der Waals surface area (Å²) in [4.78, 5) is 4.48. The summed E-state index contributed by atoms with van der Waals surface area (Å²) in [6, 6.07) is 27.5. The van der Waals surface area contributed by atoms with E-state index in [2.05, 4.69) is 93.6 Å². The van der Waals surface area contributed by atoms with Crippen molar-refractivity contribution in [2.75, 3.05) is 0 Å². The molecule has 0 amide bonds. The molecule has 0 atom stereocenters. The lowest BCUT2D eigenvalue weighted by atomic mass is 9.96. The molecule has 0 aliphatic heterocycles. The fourth-order valence-corrected chi connectivity index (χ4v) is 6.65. The lowest BCUT2D eigenvalue weighted by Gasteiger charge is -2.18. The monoisotopic (exact) mass is 580 g/mol. The quantitative estimate of drug-likeness (QED) is 0.122. The minimum Gasteiger partial charge on any atom is -0.741 e. The zero-order chi connectivity index (χ0) is 28.9. The van der Waals surface area contributed by atoms with E-state index in [0.717, 1.165) is 0 Å². The Bertz CT molecular complexity index is 1160. The Labute approximate surface area is 235 Å². The van der Waals surface area contributed by atoms with Crippen molar-refractivity contribution in [2.45, 2.75) is 98.8 Å². The Morgan fingerprint density at radius 3 is 1.38 bits per heavy atom. The van der Waals surface area contributed by atoms with Gasteiger partial charge in [0.05, 0.1) is 10.9 Å². The SMILES string of the molecule is CCCCc1cc(CCCC)c([S+](c2ccccc2)c2ccccc2)c(CCCC)c1.O=S(=O)([O-])C(F)(F)F. The van der Waals surface area contributed by atoms with Crippen LogP contribution in [0, 0.1) is 0 Å². The molecule has 3 aromatic carbocycles. The molecular weight excluding hydrogens is 541 g/mol. The zero-order valence-electron chi connectivity index (χ0n) is 23.0. The molecule has 0 fully saturated rings. The highest BCUT2D eigenvalue weighted by molar-refractivity contribution is 7.97. The van der Waals surface area contributed by atoms with Gasteiger partial charge >= 0.3 is 5.51 Å². The average Bonchev–Trinajstić information content (AvgIpc) is 2.91. The van der Waals surface area contributed by atoms with Crippen LogP contribution in [0.15, 0.2) is 87.5 Å². The second kappa shape index (κ2) is 16.1. The first kappa shape index (κ1) is 32.9. The van der Waals surface area contributed by atoms with Crippen LogP contribution in [0.2, 0.25) is 0 Å². The second-order valence-corrected chi connectivity index (χ2v) is 12.7. The maximum atomic E-state index is 10.7. The van der Waals surface area contributed by atoms with Gasteiger partial charge in [0, 0.05) is 11.1 Å². The molecule has 8 heteroatoms. The van der Waals surface area contributed by atoms with E-state index in [1.54, 1.807) is 21.6 Å². The van der Waals surface area contributed by atoms with E-state index >= 15 is 0 Å². The summed E-state index contributed by atoms with van der Waals surface area (Å²) in [5, 5.41) is 0. The molecule has 3 nitrogen and oxygen atoms in total. The summed E-state index contributed by atoms with van der Waals surface area (Å²) in [6.45, 7) is 6.92. The van der Waals surface area contributed by atoms with Gasteiger partial charge in [-0.15, -0.1) is 0 Å². The lowest BCUT2D eigenvalue weighted by Crippen LogP contribution is -2.21. The Balaban J connectivity index is 0.000000580. The molecule has 0 spiro atoms. The lowest BCUT2D eigenvalue weighted by molar-refractivity contribution is -0.0517. The number of benzene rings is 3. The van der Waals surface area contributed by atoms with Crippen LogP contribution in [0.5, 0.6) is 0 Å². The van der Waals surface area contributed by atoms with Crippen LogP contribution in [-0.4, -0.2) is 18.5 Å². The third kappa shape index (κ3) is 10.3. The molecular formula is C31H39F3O3S2. The third-order valence-corrected chi connectivity index (χ3v) is 9.15. The van der Waals surface area contributed by atoms with Crippen LogP contribution in [0.1, 0.15) is 76.0 Å². The molecule has 0 saturated heterocycles. The largest absolute Gasteiger partial charge is 0.741 e. The van der Waals surface area contributed by atoms with Crippen molar-refractivity contribution < 1.29 is 26.1 Å². The fraction of sp³-hybridized carbons (Fsp3) is 0.419. The number of alkyl halides is 3. The van der Waals surface area contributed by atoms with Gasteiger partial charge in [0.1, 0.15) is 0 Å². The molecule has 3 aromatic rings. The summed E-state index contributed by atoms with van der Waals surface area (Å²) < 4.78 is 58.9. The predicted octanol–water partition coefficient (Wildman–Crippen LogP) is 8.86. The van der Waals surface area contributed by atoms with Gasteiger partial charge in [-0.3, -0.25) is 0 Å². The van der Waals surface area contributed by atoms with Gasteiger partial charge in [0.25, 0.3) is 0 Å². The van der Waals surface area contributed by atoms with Gasteiger partial charge in [0.15, 0.2) is 24.8 Å². The highest BCUT2D eigenvalue weighted by atomic mass is 32.2. The normalized spacial score (nSPS) is 11.8. The zero-order valence-corrected chi connectivity index (χ0v) is 24.6. The maximum Gasteiger partial charge on any atom is 0.485 e. The molecule has 0 saturated carbocycles. The first-order chi connectivity index (χ1) is 18.5. The van der Waals surface area contributed by atoms with E-state index in [4.69, 9.17) is 13.0 Å². The standard InChI is InChI=1S/C30H39S.CHF3O3S/c1-4-7-16-25-23-26(17-8-5-2)30(27(24-25)18-9-6-3)31(28-19-12-10-13-20-28)29-21-14-11-15-22-29;2-1(3,4)8(5,6)7/h10-15,19-24H,4-9,16-18H2,1-3H3;(H,5,6,7)/q+1;/p-1. The van der Waals surface area contributed by atoms with Crippen LogP contribution in [0.25, 0.3) is 0 Å². The van der Waals surface area contributed by atoms with E-state index in [-0.39, 0.29) is 10.9 Å². The Hall–Kier alpha value is -2.29. The summed E-state index contributed by atoms with van der Waals surface area (Å²) in [5.74, 6) is 0. The Morgan fingerprint density at radius 2 is 1.05 bits per heavy atom. The van der Waals surface area contributed by atoms with Crippen LogP contribution in [0.3, 0.4) is 0 Å².